The number of rotatable bonds is 5. The molecule has 114 valence electrons. The smallest absolute Gasteiger partial charge is 0.184 e. The van der Waals surface area contributed by atoms with E-state index in [2.05, 4.69) is 10.3 Å². The van der Waals surface area contributed by atoms with Crippen molar-refractivity contribution in [3.63, 3.8) is 0 Å². The predicted molar refractivity (Wildman–Crippen MR) is 92.3 cm³/mol. The van der Waals surface area contributed by atoms with Crippen molar-refractivity contribution in [2.75, 3.05) is 18.7 Å². The standard InChI is InChI=1S/C16H16N2O2S2/c1-20-13-4-3-5-14-15(13)18-16(21-14)17-10-11-6-8-12(9-7-11)22(2)19/h3-9H,10H2,1-2H3,(H,17,18)/t22-/m0/s1. The minimum atomic E-state index is -0.936. The third kappa shape index (κ3) is 3.13. The maximum Gasteiger partial charge on any atom is 0.184 e. The van der Waals surface area contributed by atoms with Crippen molar-refractivity contribution in [2.24, 2.45) is 0 Å². The van der Waals surface area contributed by atoms with Crippen LogP contribution >= 0.6 is 11.3 Å². The molecule has 6 heteroatoms. The van der Waals surface area contributed by atoms with Gasteiger partial charge in [0.25, 0.3) is 0 Å². The Morgan fingerprint density at radius 1 is 1.23 bits per heavy atom. The lowest BCUT2D eigenvalue weighted by atomic mass is 10.2. The van der Waals surface area contributed by atoms with Gasteiger partial charge in [-0.2, -0.15) is 0 Å². The molecule has 1 aromatic heterocycles. The molecule has 0 unspecified atom stereocenters. The first-order valence-corrected chi connectivity index (χ1v) is 9.14. The summed E-state index contributed by atoms with van der Waals surface area (Å²) in [7, 11) is 0.717. The van der Waals surface area contributed by atoms with Gasteiger partial charge in [-0.25, -0.2) is 4.98 Å². The van der Waals surface area contributed by atoms with Crippen LogP contribution in [0.3, 0.4) is 0 Å². The molecule has 1 atom stereocenters. The number of para-hydroxylation sites is 1. The van der Waals surface area contributed by atoms with Crippen molar-refractivity contribution in [3.8, 4) is 5.75 Å². The lowest BCUT2D eigenvalue weighted by Crippen LogP contribution is -1.99. The molecule has 0 fully saturated rings. The Balaban J connectivity index is 1.75. The molecule has 3 rings (SSSR count). The number of hydrogen-bond donors (Lipinski definition) is 1. The zero-order chi connectivity index (χ0) is 15.5. The Bertz CT molecular complexity index is 813. The highest BCUT2D eigenvalue weighted by Crippen LogP contribution is 2.32. The van der Waals surface area contributed by atoms with E-state index in [0.29, 0.717) is 6.54 Å². The predicted octanol–water partition coefficient (Wildman–Crippen LogP) is 3.65. The summed E-state index contributed by atoms with van der Waals surface area (Å²) >= 11 is 1.60. The van der Waals surface area contributed by atoms with Crippen LogP contribution in [0.4, 0.5) is 5.13 Å². The molecule has 0 amide bonds. The second-order valence-electron chi connectivity index (χ2n) is 4.78. The van der Waals surface area contributed by atoms with Crippen molar-refractivity contribution in [1.82, 2.24) is 4.98 Å². The van der Waals surface area contributed by atoms with Gasteiger partial charge in [0, 0.05) is 28.5 Å². The first-order chi connectivity index (χ1) is 10.7. The SMILES string of the molecule is COc1cccc2sc(NCc3ccc([S@](C)=O)cc3)nc12. The Morgan fingerprint density at radius 2 is 2.00 bits per heavy atom. The molecule has 22 heavy (non-hydrogen) atoms. The lowest BCUT2D eigenvalue weighted by molar-refractivity contribution is 0.419. The van der Waals surface area contributed by atoms with Gasteiger partial charge >= 0.3 is 0 Å². The van der Waals surface area contributed by atoms with Crippen LogP contribution in [0.5, 0.6) is 5.75 Å². The molecule has 1 heterocycles. The van der Waals surface area contributed by atoms with Crippen molar-refractivity contribution in [1.29, 1.82) is 0 Å². The van der Waals surface area contributed by atoms with Gasteiger partial charge in [0.2, 0.25) is 0 Å². The molecule has 1 N–H and O–H groups in total. The first kappa shape index (κ1) is 15.0. The van der Waals surface area contributed by atoms with E-state index in [1.807, 2.05) is 42.5 Å². The summed E-state index contributed by atoms with van der Waals surface area (Å²) in [6, 6.07) is 13.7. The molecule has 0 aliphatic carbocycles. The normalized spacial score (nSPS) is 12.3. The average molecular weight is 332 g/mol. The fourth-order valence-electron chi connectivity index (χ4n) is 2.14. The summed E-state index contributed by atoms with van der Waals surface area (Å²) in [5.41, 5.74) is 2.01. The highest BCUT2D eigenvalue weighted by Gasteiger charge is 2.08. The molecule has 0 spiro atoms. The largest absolute Gasteiger partial charge is 0.494 e. The van der Waals surface area contributed by atoms with Crippen LogP contribution in [0.25, 0.3) is 10.2 Å². The molecule has 0 bridgehead atoms. The number of ether oxygens (including phenoxy) is 1. The van der Waals surface area contributed by atoms with Gasteiger partial charge in [-0.3, -0.25) is 4.21 Å². The molecule has 0 aliphatic rings. The Morgan fingerprint density at radius 3 is 2.68 bits per heavy atom. The van der Waals surface area contributed by atoms with Crippen LogP contribution in [0.1, 0.15) is 5.56 Å². The average Bonchev–Trinajstić information content (AvgIpc) is 2.96. The van der Waals surface area contributed by atoms with E-state index in [1.165, 1.54) is 0 Å². The second kappa shape index (κ2) is 6.46. The van der Waals surface area contributed by atoms with Gasteiger partial charge in [0.05, 0.1) is 11.8 Å². The molecule has 0 aliphatic heterocycles. The highest BCUT2D eigenvalue weighted by molar-refractivity contribution is 7.84. The number of hydrogen-bond acceptors (Lipinski definition) is 5. The third-order valence-electron chi connectivity index (χ3n) is 3.30. The number of thiazole rings is 1. The van der Waals surface area contributed by atoms with Crippen LogP contribution in [-0.2, 0) is 17.3 Å². The van der Waals surface area contributed by atoms with Crippen molar-refractivity contribution < 1.29 is 8.95 Å². The summed E-state index contributed by atoms with van der Waals surface area (Å²) in [6.07, 6.45) is 1.68. The number of fused-ring (bicyclic) bond motifs is 1. The summed E-state index contributed by atoms with van der Waals surface area (Å²) in [4.78, 5) is 5.42. The van der Waals surface area contributed by atoms with Gasteiger partial charge in [0.1, 0.15) is 11.3 Å². The fourth-order valence-corrected chi connectivity index (χ4v) is 3.54. The highest BCUT2D eigenvalue weighted by atomic mass is 32.2. The van der Waals surface area contributed by atoms with E-state index in [9.17, 15) is 4.21 Å². The van der Waals surface area contributed by atoms with E-state index >= 15 is 0 Å². The number of aromatic nitrogens is 1. The van der Waals surface area contributed by atoms with Gasteiger partial charge in [-0.05, 0) is 29.8 Å². The summed E-state index contributed by atoms with van der Waals surface area (Å²) in [6.45, 7) is 0.679. The molecular formula is C16H16N2O2S2. The molecule has 0 saturated carbocycles. The van der Waals surface area contributed by atoms with E-state index in [-0.39, 0.29) is 0 Å². The van der Waals surface area contributed by atoms with Gasteiger partial charge in [-0.1, -0.05) is 29.5 Å². The van der Waals surface area contributed by atoms with E-state index in [0.717, 1.165) is 31.6 Å². The van der Waals surface area contributed by atoms with Crippen LogP contribution in [-0.4, -0.2) is 22.6 Å². The minimum absolute atomic E-state index is 0.679. The number of anilines is 1. The number of benzene rings is 2. The zero-order valence-corrected chi connectivity index (χ0v) is 14.0. The van der Waals surface area contributed by atoms with Crippen molar-refractivity contribution in [2.45, 2.75) is 11.4 Å². The third-order valence-corrected chi connectivity index (χ3v) is 5.22. The van der Waals surface area contributed by atoms with Gasteiger partial charge in [0.15, 0.2) is 5.13 Å². The quantitative estimate of drug-likeness (QED) is 0.775. The van der Waals surface area contributed by atoms with Crippen LogP contribution in [0.2, 0.25) is 0 Å². The van der Waals surface area contributed by atoms with E-state index < -0.39 is 10.8 Å². The molecule has 4 nitrogen and oxygen atoms in total. The van der Waals surface area contributed by atoms with E-state index in [4.69, 9.17) is 4.74 Å². The van der Waals surface area contributed by atoms with Crippen LogP contribution in [0.15, 0.2) is 47.4 Å². The lowest BCUT2D eigenvalue weighted by Gasteiger charge is -2.03. The summed E-state index contributed by atoms with van der Waals surface area (Å²) in [5.74, 6) is 0.788. The Labute approximate surface area is 135 Å². The molecular weight excluding hydrogens is 316 g/mol. The summed E-state index contributed by atoms with van der Waals surface area (Å²) in [5, 5.41) is 4.19. The molecule has 3 aromatic rings. The fraction of sp³-hybridized carbons (Fsp3) is 0.188. The molecule has 0 radical (unpaired) electrons. The molecule has 2 aromatic carbocycles. The molecule has 0 saturated heterocycles. The Kier molecular flexibility index (Phi) is 4.40. The number of nitrogens with one attached hydrogen (secondary N) is 1. The topological polar surface area (TPSA) is 51.2 Å². The van der Waals surface area contributed by atoms with Crippen molar-refractivity contribution in [3.05, 3.63) is 48.0 Å². The first-order valence-electron chi connectivity index (χ1n) is 6.77. The van der Waals surface area contributed by atoms with Gasteiger partial charge < -0.3 is 10.1 Å². The van der Waals surface area contributed by atoms with Crippen molar-refractivity contribution >= 4 is 37.5 Å². The number of methoxy groups -OCH3 is 1. The maximum atomic E-state index is 11.4. The van der Waals surface area contributed by atoms with Gasteiger partial charge in [-0.15, -0.1) is 0 Å². The van der Waals surface area contributed by atoms with E-state index in [1.54, 1.807) is 24.7 Å². The Hall–Kier alpha value is -1.92. The minimum Gasteiger partial charge on any atom is -0.494 e. The monoisotopic (exact) mass is 332 g/mol. The zero-order valence-electron chi connectivity index (χ0n) is 12.3. The van der Waals surface area contributed by atoms with Crippen LogP contribution < -0.4 is 10.1 Å². The summed E-state index contributed by atoms with van der Waals surface area (Å²) < 4.78 is 17.8. The van der Waals surface area contributed by atoms with Crippen LogP contribution in [0, 0.1) is 0 Å². The second-order valence-corrected chi connectivity index (χ2v) is 7.19. The number of nitrogens with zero attached hydrogens (tertiary/aromatic N) is 1. The maximum absolute atomic E-state index is 11.4.